The number of rotatable bonds is 8. The lowest BCUT2D eigenvalue weighted by Gasteiger charge is -2.20. The van der Waals surface area contributed by atoms with Crippen molar-refractivity contribution in [3.8, 4) is 16.9 Å². The predicted octanol–water partition coefficient (Wildman–Crippen LogP) is 5.31. The van der Waals surface area contributed by atoms with E-state index in [1.807, 2.05) is 0 Å². The van der Waals surface area contributed by atoms with E-state index in [-0.39, 0.29) is 0 Å². The number of amides is 1. The first kappa shape index (κ1) is 27.8. The highest BCUT2D eigenvalue weighted by molar-refractivity contribution is 6.31. The number of ether oxygens (including phenoxy) is 2. The Morgan fingerprint density at radius 3 is 2.27 bits per heavy atom. The summed E-state index contributed by atoms with van der Waals surface area (Å²) in [7, 11) is 2.94. The van der Waals surface area contributed by atoms with Crippen molar-refractivity contribution in [2.45, 2.75) is 39.3 Å². The number of esters is 1. The molecule has 1 heterocycles. The molecule has 0 saturated carbocycles. The minimum absolute atomic E-state index is 0.362. The van der Waals surface area contributed by atoms with E-state index in [4.69, 9.17) is 25.9 Å². The molecule has 3 aromatic rings. The summed E-state index contributed by atoms with van der Waals surface area (Å²) in [4.78, 5) is 43.3. The highest BCUT2D eigenvalue weighted by atomic mass is 35.5. The Morgan fingerprint density at radius 2 is 1.68 bits per heavy atom. The van der Waals surface area contributed by atoms with Gasteiger partial charge >= 0.3 is 5.97 Å². The lowest BCUT2D eigenvalue weighted by Crippen LogP contribution is -2.31. The molecule has 0 spiro atoms. The van der Waals surface area contributed by atoms with Crippen LogP contribution >= 0.6 is 11.6 Å². The van der Waals surface area contributed by atoms with Crippen molar-refractivity contribution in [3.05, 3.63) is 75.7 Å². The molecule has 1 unspecified atom stereocenters. The molecule has 37 heavy (non-hydrogen) atoms. The number of benzene rings is 2. The fraction of sp³-hybridized carbons (Fsp3) is 0.296. The van der Waals surface area contributed by atoms with Crippen LogP contribution in [0.2, 0.25) is 5.02 Å². The molecule has 1 amide bonds. The van der Waals surface area contributed by atoms with Crippen LogP contribution < -0.4 is 21.1 Å². The maximum atomic E-state index is 13.1. The molecule has 1 aromatic heterocycles. The quantitative estimate of drug-likeness (QED) is 0.302. The number of halogens is 1. The molecule has 2 aromatic carbocycles. The maximum Gasteiger partial charge on any atom is 0.338 e. The Bertz CT molecular complexity index is 1350. The van der Waals surface area contributed by atoms with Crippen molar-refractivity contribution < 1.29 is 23.9 Å². The molecule has 0 radical (unpaired) electrons. The van der Waals surface area contributed by atoms with Gasteiger partial charge in [-0.1, -0.05) is 11.6 Å². The summed E-state index contributed by atoms with van der Waals surface area (Å²) < 4.78 is 12.2. The van der Waals surface area contributed by atoms with Crippen LogP contribution in [-0.2, 0) is 14.4 Å². The number of nitrogens with zero attached hydrogens (tertiary/aromatic N) is 1. The van der Waals surface area contributed by atoms with Crippen LogP contribution in [0, 0.1) is 0 Å². The molecule has 9 nitrogen and oxygen atoms in total. The molecular formula is C27H30ClN3O6. The lowest BCUT2D eigenvalue weighted by atomic mass is 10.0. The van der Waals surface area contributed by atoms with Crippen LogP contribution in [0.4, 0.5) is 11.4 Å². The third-order valence-corrected chi connectivity index (χ3v) is 5.57. The van der Waals surface area contributed by atoms with E-state index in [9.17, 15) is 14.4 Å². The fourth-order valence-electron chi connectivity index (χ4n) is 3.54. The van der Waals surface area contributed by atoms with E-state index in [0.29, 0.717) is 38.8 Å². The van der Waals surface area contributed by atoms with Crippen LogP contribution in [0.25, 0.3) is 11.1 Å². The average Bonchev–Trinajstić information content (AvgIpc) is 2.84. The summed E-state index contributed by atoms with van der Waals surface area (Å²) in [6.45, 7) is 6.96. The maximum absolute atomic E-state index is 13.1. The highest BCUT2D eigenvalue weighted by Crippen LogP contribution is 2.36. The number of hydrogen-bond donors (Lipinski definition) is 2. The molecule has 196 valence electrons. The first-order chi connectivity index (χ1) is 17.4. The van der Waals surface area contributed by atoms with E-state index in [2.05, 4.69) is 10.8 Å². The topological polar surface area (TPSA) is 108 Å². The number of nitrogens with one attached hydrogen (secondary N) is 2. The number of methoxy groups -OCH3 is 1. The van der Waals surface area contributed by atoms with E-state index in [0.717, 1.165) is 0 Å². The molecule has 3 rings (SSSR count). The van der Waals surface area contributed by atoms with Gasteiger partial charge in [-0.2, -0.15) is 0 Å². The molecule has 0 fully saturated rings. The molecule has 0 saturated heterocycles. The average molecular weight is 528 g/mol. The highest BCUT2D eigenvalue weighted by Gasteiger charge is 2.21. The Balaban J connectivity index is 1.84. The van der Waals surface area contributed by atoms with Crippen LogP contribution in [0.3, 0.4) is 0 Å². The van der Waals surface area contributed by atoms with Crippen molar-refractivity contribution >= 4 is 34.9 Å². The molecule has 1 atom stereocenters. The van der Waals surface area contributed by atoms with Crippen molar-refractivity contribution in [1.29, 1.82) is 0 Å². The molecule has 0 aliphatic carbocycles. The van der Waals surface area contributed by atoms with Gasteiger partial charge in [-0.15, -0.1) is 0 Å². The second-order valence-electron chi connectivity index (χ2n) is 9.24. The van der Waals surface area contributed by atoms with Gasteiger partial charge in [0.15, 0.2) is 0 Å². The second kappa shape index (κ2) is 11.5. The largest absolute Gasteiger partial charge is 0.495 e. The second-order valence-corrected chi connectivity index (χ2v) is 9.68. The first-order valence-electron chi connectivity index (χ1n) is 11.5. The molecule has 0 aliphatic rings. The molecule has 0 bridgehead atoms. The number of carbonyl (C=O) groups excluding carboxylic acids is 2. The van der Waals surface area contributed by atoms with Crippen molar-refractivity contribution in [3.63, 3.8) is 0 Å². The third kappa shape index (κ3) is 6.90. The van der Waals surface area contributed by atoms with Crippen LogP contribution in [0.1, 0.15) is 44.1 Å². The zero-order valence-corrected chi connectivity index (χ0v) is 22.3. The van der Waals surface area contributed by atoms with Gasteiger partial charge in [-0.3, -0.25) is 24.5 Å². The predicted molar refractivity (Wildman–Crippen MR) is 143 cm³/mol. The van der Waals surface area contributed by atoms with Crippen molar-refractivity contribution in [2.24, 2.45) is 0 Å². The number of pyridine rings is 1. The SMILES string of the molecule is CONc1ccc(Cl)cc1-c1cc(=O)n(C(C)C(=O)Nc2ccc(C(=O)OC(C)(C)C)cc2)cc1OC. The molecule has 2 N–H and O–H groups in total. The summed E-state index contributed by atoms with van der Waals surface area (Å²) in [5.41, 5.74) is 4.23. The van der Waals surface area contributed by atoms with E-state index in [1.165, 1.54) is 31.0 Å². The van der Waals surface area contributed by atoms with Crippen molar-refractivity contribution in [2.75, 3.05) is 25.0 Å². The monoisotopic (exact) mass is 527 g/mol. The number of hydrogen-bond acceptors (Lipinski definition) is 7. The number of aromatic nitrogens is 1. The van der Waals surface area contributed by atoms with Crippen LogP contribution in [-0.4, -0.2) is 36.3 Å². The Kier molecular flexibility index (Phi) is 8.62. The number of carbonyl (C=O) groups is 2. The van der Waals surface area contributed by atoms with Crippen LogP contribution in [0.15, 0.2) is 59.5 Å². The van der Waals surface area contributed by atoms with Gasteiger partial charge in [0.25, 0.3) is 5.56 Å². The van der Waals surface area contributed by atoms with Gasteiger partial charge in [-0.25, -0.2) is 4.79 Å². The molecule has 10 heteroatoms. The molecule has 0 aliphatic heterocycles. The third-order valence-electron chi connectivity index (χ3n) is 5.33. The zero-order chi connectivity index (χ0) is 27.3. The molecular weight excluding hydrogens is 498 g/mol. The summed E-state index contributed by atoms with van der Waals surface area (Å²) in [5, 5.41) is 3.23. The Labute approximate surface area is 220 Å². The van der Waals surface area contributed by atoms with Gasteiger partial charge < -0.3 is 14.8 Å². The minimum atomic E-state index is -0.864. The lowest BCUT2D eigenvalue weighted by molar-refractivity contribution is -0.118. The van der Waals surface area contributed by atoms with Crippen LogP contribution in [0.5, 0.6) is 5.75 Å². The first-order valence-corrected chi connectivity index (χ1v) is 11.8. The summed E-state index contributed by atoms with van der Waals surface area (Å²) in [6, 6.07) is 11.9. The van der Waals surface area contributed by atoms with Gasteiger partial charge in [0.05, 0.1) is 31.7 Å². The number of anilines is 2. The van der Waals surface area contributed by atoms with E-state index in [1.54, 1.807) is 70.2 Å². The summed E-state index contributed by atoms with van der Waals surface area (Å²) in [5.74, 6) is -0.519. The zero-order valence-electron chi connectivity index (χ0n) is 21.5. The minimum Gasteiger partial charge on any atom is -0.495 e. The van der Waals surface area contributed by atoms with Gasteiger partial charge in [0, 0.05) is 27.9 Å². The summed E-state index contributed by atoms with van der Waals surface area (Å²) in [6.07, 6.45) is 1.48. The van der Waals surface area contributed by atoms with Gasteiger partial charge in [0.2, 0.25) is 5.91 Å². The van der Waals surface area contributed by atoms with Gasteiger partial charge in [-0.05, 0) is 70.2 Å². The van der Waals surface area contributed by atoms with Crippen molar-refractivity contribution in [1.82, 2.24) is 4.57 Å². The Hall–Kier alpha value is -3.82. The summed E-state index contributed by atoms with van der Waals surface area (Å²) >= 11 is 6.19. The Morgan fingerprint density at radius 1 is 1.00 bits per heavy atom. The van der Waals surface area contributed by atoms with Gasteiger partial charge in [0.1, 0.15) is 17.4 Å². The van der Waals surface area contributed by atoms with E-state index >= 15 is 0 Å². The smallest absolute Gasteiger partial charge is 0.338 e. The standard InChI is InChI=1S/C27H30ClN3O6/c1-16(25(33)29-19-10-7-17(8-11-19)26(34)37-27(2,3)4)31-15-23(35-5)21(14-24(31)32)20-13-18(28)9-12-22(20)30-36-6/h7-16,30H,1-6H3,(H,29,33). The fourth-order valence-corrected chi connectivity index (χ4v) is 3.71. The van der Waals surface area contributed by atoms with E-state index < -0.39 is 29.1 Å². The normalized spacial score (nSPS) is 12.0.